The fraction of sp³-hybridized carbons (Fsp3) is 0.647. The quantitative estimate of drug-likeness (QED) is 0.916. The smallest absolute Gasteiger partial charge is 0.0594 e. The number of halogens is 1. The Balaban J connectivity index is 1.78. The van der Waals surface area contributed by atoms with Crippen molar-refractivity contribution in [3.63, 3.8) is 0 Å². The van der Waals surface area contributed by atoms with Crippen molar-refractivity contribution in [2.24, 2.45) is 0 Å². The first kappa shape index (κ1) is 16.2. The molecule has 1 aromatic carbocycles. The SMILES string of the molecule is Cc1cc(C(CN2CCNCC2)N2CCOCC2)ccc1Cl. The molecular formula is C17H26ClN3O. The zero-order valence-electron chi connectivity index (χ0n) is 13.4. The molecule has 0 aromatic heterocycles. The van der Waals surface area contributed by atoms with E-state index in [9.17, 15) is 0 Å². The normalized spacial score (nSPS) is 22.6. The average Bonchev–Trinajstić information content (AvgIpc) is 2.57. The van der Waals surface area contributed by atoms with Crippen LogP contribution in [0.5, 0.6) is 0 Å². The van der Waals surface area contributed by atoms with Gasteiger partial charge in [-0.15, -0.1) is 0 Å². The lowest BCUT2D eigenvalue weighted by atomic mass is 10.0. The first-order valence-corrected chi connectivity index (χ1v) is 8.63. The van der Waals surface area contributed by atoms with Gasteiger partial charge in [-0.25, -0.2) is 0 Å². The second kappa shape index (κ2) is 7.75. The van der Waals surface area contributed by atoms with Crippen molar-refractivity contribution in [3.05, 3.63) is 34.3 Å². The van der Waals surface area contributed by atoms with E-state index in [2.05, 4.69) is 34.2 Å². The summed E-state index contributed by atoms with van der Waals surface area (Å²) in [6, 6.07) is 6.91. The van der Waals surface area contributed by atoms with Crippen molar-refractivity contribution in [2.45, 2.75) is 13.0 Å². The van der Waals surface area contributed by atoms with Crippen LogP contribution in [0.4, 0.5) is 0 Å². The molecule has 5 heteroatoms. The molecule has 1 atom stereocenters. The van der Waals surface area contributed by atoms with Crippen LogP contribution in [-0.2, 0) is 4.74 Å². The largest absolute Gasteiger partial charge is 0.379 e. The van der Waals surface area contributed by atoms with E-state index >= 15 is 0 Å². The third-order valence-corrected chi connectivity index (χ3v) is 5.12. The Labute approximate surface area is 138 Å². The number of nitrogens with one attached hydrogen (secondary N) is 1. The predicted molar refractivity (Wildman–Crippen MR) is 90.6 cm³/mol. The first-order chi connectivity index (χ1) is 10.7. The Morgan fingerprint density at radius 1 is 1.18 bits per heavy atom. The molecule has 0 radical (unpaired) electrons. The lowest BCUT2D eigenvalue weighted by molar-refractivity contribution is 0.00667. The average molecular weight is 324 g/mol. The molecule has 2 heterocycles. The van der Waals surface area contributed by atoms with Crippen LogP contribution in [0.1, 0.15) is 17.2 Å². The number of ether oxygens (including phenoxy) is 1. The van der Waals surface area contributed by atoms with Crippen LogP contribution in [0, 0.1) is 6.92 Å². The van der Waals surface area contributed by atoms with Gasteiger partial charge in [0.25, 0.3) is 0 Å². The van der Waals surface area contributed by atoms with Crippen molar-refractivity contribution in [2.75, 3.05) is 59.0 Å². The number of morpholine rings is 1. The van der Waals surface area contributed by atoms with Gasteiger partial charge < -0.3 is 10.1 Å². The molecule has 2 saturated heterocycles. The molecule has 2 fully saturated rings. The van der Waals surface area contributed by atoms with Gasteiger partial charge in [-0.2, -0.15) is 0 Å². The fourth-order valence-electron chi connectivity index (χ4n) is 3.33. The highest BCUT2D eigenvalue weighted by Gasteiger charge is 2.25. The number of benzene rings is 1. The highest BCUT2D eigenvalue weighted by Crippen LogP contribution is 2.27. The van der Waals surface area contributed by atoms with Crippen LogP contribution in [0.3, 0.4) is 0 Å². The van der Waals surface area contributed by atoms with E-state index in [1.54, 1.807) is 0 Å². The van der Waals surface area contributed by atoms with Crippen molar-refractivity contribution in [1.29, 1.82) is 0 Å². The van der Waals surface area contributed by atoms with Crippen LogP contribution in [0.2, 0.25) is 5.02 Å². The van der Waals surface area contributed by atoms with Gasteiger partial charge in [0, 0.05) is 56.9 Å². The molecule has 3 rings (SSSR count). The summed E-state index contributed by atoms with van der Waals surface area (Å²) in [6.45, 7) is 11.3. The maximum absolute atomic E-state index is 6.21. The number of hydrogen-bond acceptors (Lipinski definition) is 4. The molecule has 0 bridgehead atoms. The molecule has 2 aliphatic rings. The van der Waals surface area contributed by atoms with Gasteiger partial charge in [0.15, 0.2) is 0 Å². The van der Waals surface area contributed by atoms with E-state index in [4.69, 9.17) is 16.3 Å². The molecule has 0 aliphatic carbocycles. The zero-order chi connectivity index (χ0) is 15.4. The summed E-state index contributed by atoms with van der Waals surface area (Å²) in [5.74, 6) is 0. The van der Waals surface area contributed by atoms with Gasteiger partial charge in [-0.3, -0.25) is 9.80 Å². The molecule has 22 heavy (non-hydrogen) atoms. The predicted octanol–water partition coefficient (Wildman–Crippen LogP) is 1.93. The maximum atomic E-state index is 6.21. The molecule has 1 aromatic rings. The first-order valence-electron chi connectivity index (χ1n) is 8.25. The molecule has 0 amide bonds. The highest BCUT2D eigenvalue weighted by atomic mass is 35.5. The number of rotatable bonds is 4. The van der Waals surface area contributed by atoms with Crippen molar-refractivity contribution in [1.82, 2.24) is 15.1 Å². The lowest BCUT2D eigenvalue weighted by Gasteiger charge is -2.39. The summed E-state index contributed by atoms with van der Waals surface area (Å²) >= 11 is 6.21. The minimum Gasteiger partial charge on any atom is -0.379 e. The topological polar surface area (TPSA) is 27.7 Å². The molecule has 122 valence electrons. The van der Waals surface area contributed by atoms with Gasteiger partial charge in [-0.1, -0.05) is 23.7 Å². The Kier molecular flexibility index (Phi) is 5.71. The Hall–Kier alpha value is -0.650. The van der Waals surface area contributed by atoms with Gasteiger partial charge in [0.2, 0.25) is 0 Å². The summed E-state index contributed by atoms with van der Waals surface area (Å²) in [5, 5.41) is 4.28. The van der Waals surface area contributed by atoms with E-state index in [1.807, 2.05) is 6.07 Å². The molecular weight excluding hydrogens is 298 g/mol. The molecule has 1 N–H and O–H groups in total. The van der Waals surface area contributed by atoms with Gasteiger partial charge in [0.1, 0.15) is 0 Å². The third-order valence-electron chi connectivity index (χ3n) is 4.69. The molecule has 1 unspecified atom stereocenters. The fourth-order valence-corrected chi connectivity index (χ4v) is 3.45. The second-order valence-corrected chi connectivity index (χ2v) is 6.63. The van der Waals surface area contributed by atoms with E-state index in [1.165, 1.54) is 5.56 Å². The number of nitrogens with zero attached hydrogens (tertiary/aromatic N) is 2. The van der Waals surface area contributed by atoms with Gasteiger partial charge in [0.05, 0.1) is 13.2 Å². The summed E-state index contributed by atoms with van der Waals surface area (Å²) in [5.41, 5.74) is 2.54. The maximum Gasteiger partial charge on any atom is 0.0594 e. The van der Waals surface area contributed by atoms with Crippen molar-refractivity contribution >= 4 is 11.6 Å². The lowest BCUT2D eigenvalue weighted by Crippen LogP contribution is -2.49. The molecule has 2 aliphatic heterocycles. The summed E-state index contributed by atoms with van der Waals surface area (Å²) in [6.07, 6.45) is 0. The van der Waals surface area contributed by atoms with Crippen molar-refractivity contribution < 1.29 is 4.74 Å². The van der Waals surface area contributed by atoms with Crippen molar-refractivity contribution in [3.8, 4) is 0 Å². The summed E-state index contributed by atoms with van der Waals surface area (Å²) < 4.78 is 5.53. The van der Waals surface area contributed by atoms with Crippen LogP contribution < -0.4 is 5.32 Å². The minimum atomic E-state index is 0.429. The third kappa shape index (κ3) is 4.00. The Morgan fingerprint density at radius 3 is 2.59 bits per heavy atom. The van der Waals surface area contributed by atoms with E-state index in [0.717, 1.165) is 69.6 Å². The Bertz CT molecular complexity index is 485. The molecule has 0 spiro atoms. The Morgan fingerprint density at radius 2 is 1.91 bits per heavy atom. The highest BCUT2D eigenvalue weighted by molar-refractivity contribution is 6.31. The summed E-state index contributed by atoms with van der Waals surface area (Å²) in [4.78, 5) is 5.13. The monoisotopic (exact) mass is 323 g/mol. The minimum absolute atomic E-state index is 0.429. The van der Waals surface area contributed by atoms with E-state index in [-0.39, 0.29) is 0 Å². The standard InChI is InChI=1S/C17H26ClN3O/c1-14-12-15(2-3-16(14)18)17(21-8-10-22-11-9-21)13-20-6-4-19-5-7-20/h2-3,12,17,19H,4-11,13H2,1H3. The zero-order valence-corrected chi connectivity index (χ0v) is 14.1. The van der Waals surface area contributed by atoms with Crippen LogP contribution in [-0.4, -0.2) is 68.8 Å². The number of hydrogen-bond donors (Lipinski definition) is 1. The van der Waals surface area contributed by atoms with Gasteiger partial charge >= 0.3 is 0 Å². The molecule has 0 saturated carbocycles. The van der Waals surface area contributed by atoms with Crippen LogP contribution in [0.15, 0.2) is 18.2 Å². The summed E-state index contributed by atoms with van der Waals surface area (Å²) in [7, 11) is 0. The van der Waals surface area contributed by atoms with E-state index < -0.39 is 0 Å². The number of piperazine rings is 1. The van der Waals surface area contributed by atoms with Crippen LogP contribution >= 0.6 is 11.6 Å². The second-order valence-electron chi connectivity index (χ2n) is 6.22. The van der Waals surface area contributed by atoms with Crippen LogP contribution in [0.25, 0.3) is 0 Å². The van der Waals surface area contributed by atoms with Gasteiger partial charge in [-0.05, 0) is 24.1 Å². The molecule has 4 nitrogen and oxygen atoms in total. The number of aryl methyl sites for hydroxylation is 1. The van der Waals surface area contributed by atoms with E-state index in [0.29, 0.717) is 6.04 Å².